The van der Waals surface area contributed by atoms with Crippen molar-refractivity contribution in [2.24, 2.45) is 5.92 Å². The maximum Gasteiger partial charge on any atom is 0.345 e. The van der Waals surface area contributed by atoms with Crippen LogP contribution in [-0.2, 0) is 9.53 Å². The lowest BCUT2D eigenvalue weighted by molar-refractivity contribution is -0.170. The molecule has 1 N–H and O–H groups in total. The van der Waals surface area contributed by atoms with Crippen LogP contribution in [0.4, 0.5) is 8.78 Å². The van der Waals surface area contributed by atoms with E-state index in [1.165, 1.54) is 0 Å². The third-order valence-corrected chi connectivity index (χ3v) is 9.77. The zero-order valence-corrected chi connectivity index (χ0v) is 25.7. The number of carboxylic acids is 1. The lowest BCUT2D eigenvalue weighted by atomic mass is 9.77. The van der Waals surface area contributed by atoms with Crippen LogP contribution >= 0.6 is 23.2 Å². The molecule has 0 spiro atoms. The van der Waals surface area contributed by atoms with Crippen LogP contribution in [0.5, 0.6) is 0 Å². The lowest BCUT2D eigenvalue weighted by Crippen LogP contribution is -2.36. The highest BCUT2D eigenvalue weighted by molar-refractivity contribution is 6.33. The first kappa shape index (κ1) is 32.2. The maximum absolute atomic E-state index is 12.8. The van der Waals surface area contributed by atoms with Crippen LogP contribution in [0, 0.1) is 12.8 Å². The summed E-state index contributed by atoms with van der Waals surface area (Å²) in [5.74, 6) is -0.199. The Morgan fingerprint density at radius 3 is 2.39 bits per heavy atom. The number of hydrogen-bond acceptors (Lipinski definition) is 4. The Labute approximate surface area is 252 Å². The van der Waals surface area contributed by atoms with Gasteiger partial charge in [0, 0.05) is 10.0 Å². The van der Waals surface area contributed by atoms with Gasteiger partial charge in [-0.3, -0.25) is 9.69 Å². The van der Waals surface area contributed by atoms with Gasteiger partial charge in [0.25, 0.3) is 0 Å². The summed E-state index contributed by atoms with van der Waals surface area (Å²) in [4.78, 5) is 17.1. The Kier molecular flexibility index (Phi) is 11.5. The number of benzene rings is 2. The molecule has 4 rings (SSSR count). The molecule has 9 heteroatoms. The fourth-order valence-corrected chi connectivity index (χ4v) is 7.48. The molecule has 2 aliphatic rings. The van der Waals surface area contributed by atoms with Crippen LogP contribution < -0.4 is 0 Å². The van der Waals surface area contributed by atoms with E-state index in [0.29, 0.717) is 48.2 Å². The van der Waals surface area contributed by atoms with E-state index in [1.54, 1.807) is 6.07 Å². The summed E-state index contributed by atoms with van der Waals surface area (Å²) in [6.45, 7) is 1.85. The van der Waals surface area contributed by atoms with E-state index < -0.39 is 24.7 Å². The second-order valence-corrected chi connectivity index (χ2v) is 12.7. The minimum Gasteiger partial charge on any atom is -0.480 e. The number of nitrogens with zero attached hydrogens (tertiary/aromatic N) is 2. The number of likely N-dealkylation sites (tertiary alicyclic amines) is 1. The number of ether oxygens (including phenoxy) is 1. The van der Waals surface area contributed by atoms with Crippen molar-refractivity contribution in [3.63, 3.8) is 0 Å². The van der Waals surface area contributed by atoms with Crippen LogP contribution in [0.3, 0.4) is 0 Å². The lowest BCUT2D eigenvalue weighted by Gasteiger charge is -2.37. The largest absolute Gasteiger partial charge is 0.480 e. The van der Waals surface area contributed by atoms with Gasteiger partial charge in [-0.05, 0) is 144 Å². The SMILES string of the molecule is Cc1cccc(C(C(=O)O)N(C)CC[C@@H](c2cc(Cl)ccc2Cl)C2CCN(C)CC2)c1C1CCC(OC(F)F)CC1. The second-order valence-electron chi connectivity index (χ2n) is 11.9. The van der Waals surface area contributed by atoms with Crippen molar-refractivity contribution in [3.8, 4) is 0 Å². The zero-order chi connectivity index (χ0) is 29.7. The monoisotopic (exact) mass is 610 g/mol. The van der Waals surface area contributed by atoms with E-state index in [2.05, 4.69) is 11.9 Å². The van der Waals surface area contributed by atoms with Crippen LogP contribution in [0.15, 0.2) is 36.4 Å². The smallest absolute Gasteiger partial charge is 0.345 e. The topological polar surface area (TPSA) is 53.0 Å². The molecule has 2 atom stereocenters. The molecule has 226 valence electrons. The third-order valence-electron chi connectivity index (χ3n) is 9.19. The molecule has 0 aromatic heterocycles. The molecule has 1 unspecified atom stereocenters. The first-order chi connectivity index (χ1) is 19.5. The van der Waals surface area contributed by atoms with Gasteiger partial charge in [-0.25, -0.2) is 0 Å². The molecule has 5 nitrogen and oxygen atoms in total. The van der Waals surface area contributed by atoms with Crippen molar-refractivity contribution in [2.45, 2.75) is 82.5 Å². The van der Waals surface area contributed by atoms with Gasteiger partial charge in [0.1, 0.15) is 6.04 Å². The Bertz CT molecular complexity index is 1170. The Morgan fingerprint density at radius 2 is 1.76 bits per heavy atom. The third kappa shape index (κ3) is 8.20. The van der Waals surface area contributed by atoms with Gasteiger partial charge in [-0.15, -0.1) is 0 Å². The number of rotatable bonds is 11. The standard InChI is InChI=1S/C32H42Cl2F2N2O3/c1-20-5-4-6-26(29(20)22-7-10-24(11-8-22)41-32(35)36)30(31(39)40)38(3)18-15-25(21-13-16-37(2)17-14-21)27-19-23(33)9-12-28(27)34/h4-6,9,12,19,21-22,24-25,30,32H,7-8,10-11,13-18H2,1-3H3,(H,39,40)/t22?,24?,25-,30?/m1/s1. The highest BCUT2D eigenvalue weighted by Crippen LogP contribution is 2.42. The fourth-order valence-electron chi connectivity index (χ4n) is 7.04. The van der Waals surface area contributed by atoms with Crippen molar-refractivity contribution in [1.29, 1.82) is 0 Å². The van der Waals surface area contributed by atoms with Crippen LogP contribution in [0.1, 0.15) is 85.1 Å². The van der Waals surface area contributed by atoms with Crippen molar-refractivity contribution in [3.05, 3.63) is 68.7 Å². The number of carbonyl (C=O) groups is 1. The normalized spacial score (nSPS) is 22.3. The molecule has 0 bridgehead atoms. The van der Waals surface area contributed by atoms with E-state index in [4.69, 9.17) is 27.9 Å². The summed E-state index contributed by atoms with van der Waals surface area (Å²) in [6.07, 6.45) is 4.86. The van der Waals surface area contributed by atoms with E-state index >= 15 is 0 Å². The number of carboxylic acid groups (broad SMARTS) is 1. The van der Waals surface area contributed by atoms with Gasteiger partial charge in [-0.2, -0.15) is 8.78 Å². The van der Waals surface area contributed by atoms with Crippen molar-refractivity contribution in [2.75, 3.05) is 33.7 Å². The van der Waals surface area contributed by atoms with E-state index in [1.807, 2.05) is 49.2 Å². The molecular formula is C32H42Cl2F2N2O3. The summed E-state index contributed by atoms with van der Waals surface area (Å²) in [5, 5.41) is 11.9. The van der Waals surface area contributed by atoms with Gasteiger partial charge in [0.2, 0.25) is 0 Å². The highest BCUT2D eigenvalue weighted by Gasteiger charge is 2.34. The molecule has 2 aromatic rings. The van der Waals surface area contributed by atoms with Crippen molar-refractivity contribution >= 4 is 29.2 Å². The minimum atomic E-state index is -2.77. The fraction of sp³-hybridized carbons (Fsp3) is 0.594. The van der Waals surface area contributed by atoms with E-state index in [-0.39, 0.29) is 11.8 Å². The van der Waals surface area contributed by atoms with Gasteiger partial charge >= 0.3 is 12.6 Å². The summed E-state index contributed by atoms with van der Waals surface area (Å²) < 4.78 is 30.3. The van der Waals surface area contributed by atoms with Crippen LogP contribution in [-0.4, -0.2) is 67.3 Å². The van der Waals surface area contributed by atoms with E-state index in [0.717, 1.165) is 54.6 Å². The Morgan fingerprint density at radius 1 is 1.07 bits per heavy atom. The molecule has 1 heterocycles. The van der Waals surface area contributed by atoms with E-state index in [9.17, 15) is 18.7 Å². The number of aliphatic carboxylic acids is 1. The average Bonchev–Trinajstić information content (AvgIpc) is 2.92. The molecule has 1 saturated heterocycles. The Hall–Kier alpha value is -1.77. The summed E-state index contributed by atoms with van der Waals surface area (Å²) in [5.41, 5.74) is 3.89. The second kappa shape index (κ2) is 14.6. The van der Waals surface area contributed by atoms with Crippen molar-refractivity contribution in [1.82, 2.24) is 9.80 Å². The maximum atomic E-state index is 12.8. The number of likely N-dealkylation sites (N-methyl/N-ethyl adjacent to an activating group) is 1. The number of hydrogen-bond donors (Lipinski definition) is 1. The quantitative estimate of drug-likeness (QED) is 0.278. The number of halogens is 4. The first-order valence-corrected chi connectivity index (χ1v) is 15.4. The number of piperidine rings is 1. The summed E-state index contributed by atoms with van der Waals surface area (Å²) in [6, 6.07) is 10.6. The predicted molar refractivity (Wildman–Crippen MR) is 160 cm³/mol. The molecule has 0 radical (unpaired) electrons. The average molecular weight is 612 g/mol. The summed E-state index contributed by atoms with van der Waals surface area (Å²) in [7, 11) is 4.02. The molecule has 41 heavy (non-hydrogen) atoms. The minimum absolute atomic E-state index is 0.108. The number of aryl methyl sites for hydroxylation is 1. The molecule has 0 amide bonds. The zero-order valence-electron chi connectivity index (χ0n) is 24.2. The predicted octanol–water partition coefficient (Wildman–Crippen LogP) is 8.14. The van der Waals surface area contributed by atoms with Gasteiger partial charge in [0.05, 0.1) is 6.10 Å². The molecular weight excluding hydrogens is 569 g/mol. The first-order valence-electron chi connectivity index (χ1n) is 14.6. The molecule has 1 saturated carbocycles. The molecule has 2 fully saturated rings. The van der Waals surface area contributed by atoms with Crippen molar-refractivity contribution < 1.29 is 23.4 Å². The molecule has 1 aliphatic heterocycles. The van der Waals surface area contributed by atoms with Gasteiger partial charge in [0.15, 0.2) is 0 Å². The van der Waals surface area contributed by atoms with Crippen LogP contribution in [0.2, 0.25) is 10.0 Å². The van der Waals surface area contributed by atoms with Crippen LogP contribution in [0.25, 0.3) is 0 Å². The van der Waals surface area contributed by atoms with Gasteiger partial charge in [-0.1, -0.05) is 41.4 Å². The molecule has 1 aliphatic carbocycles. The Balaban J connectivity index is 1.56. The molecule has 2 aromatic carbocycles. The summed E-state index contributed by atoms with van der Waals surface area (Å²) >= 11 is 13.1. The van der Waals surface area contributed by atoms with Gasteiger partial charge < -0.3 is 14.7 Å². The highest BCUT2D eigenvalue weighted by atomic mass is 35.5. The number of alkyl halides is 2.